The molecule has 5 N–H and O–H groups in total. The van der Waals surface area contributed by atoms with Crippen LogP contribution in [0.25, 0.3) is 0 Å². The van der Waals surface area contributed by atoms with Gasteiger partial charge < -0.3 is 21.3 Å². The maximum absolute atomic E-state index is 11.5. The van der Waals surface area contributed by atoms with Crippen LogP contribution in [-0.2, 0) is 20.8 Å². The summed E-state index contributed by atoms with van der Waals surface area (Å²) in [6.45, 7) is 0. The number of amides is 1. The van der Waals surface area contributed by atoms with Gasteiger partial charge in [-0.3, -0.25) is 9.59 Å². The molecule has 0 heterocycles. The van der Waals surface area contributed by atoms with E-state index in [9.17, 15) is 14.4 Å². The standard InChI is InChI=1S/C13H16N2O5.K.H/c14-9(12(17)18)7-11(16)15-10(13(19)20)6-8-4-2-1-3-5-8;;/h1-5,9-10H,6-7,14H2,(H,15,16)(H,17,18)(H,19,20);;/t9-,10-;;/m0../s1. The number of nitrogens with two attached hydrogens (primary N) is 1. The first-order valence-corrected chi connectivity index (χ1v) is 5.94. The van der Waals surface area contributed by atoms with Gasteiger partial charge in [-0.1, -0.05) is 30.3 Å². The summed E-state index contributed by atoms with van der Waals surface area (Å²) >= 11 is 0. The Kier molecular flexibility index (Phi) is 9.67. The van der Waals surface area contributed by atoms with E-state index in [1.165, 1.54) is 0 Å². The Balaban J connectivity index is 0.00000400. The third kappa shape index (κ3) is 7.70. The predicted octanol–water partition coefficient (Wildman–Crippen LogP) is -1.05. The van der Waals surface area contributed by atoms with Crippen LogP contribution < -0.4 is 11.1 Å². The summed E-state index contributed by atoms with van der Waals surface area (Å²) < 4.78 is 0. The quantitative estimate of drug-likeness (QED) is 0.474. The number of nitrogens with one attached hydrogen (secondary N) is 1. The number of aliphatic carboxylic acids is 2. The maximum atomic E-state index is 11.5. The molecule has 0 aliphatic carbocycles. The van der Waals surface area contributed by atoms with Gasteiger partial charge >= 0.3 is 63.3 Å². The van der Waals surface area contributed by atoms with Crippen molar-refractivity contribution in [3.05, 3.63) is 35.9 Å². The molecule has 0 aliphatic rings. The molecule has 7 nitrogen and oxygen atoms in total. The molecule has 0 aromatic heterocycles. The zero-order valence-electron chi connectivity index (χ0n) is 10.7. The van der Waals surface area contributed by atoms with E-state index in [1.807, 2.05) is 0 Å². The van der Waals surface area contributed by atoms with Gasteiger partial charge in [0.05, 0.1) is 6.42 Å². The molecule has 8 heteroatoms. The van der Waals surface area contributed by atoms with Crippen LogP contribution in [0.1, 0.15) is 12.0 Å². The molecule has 1 aromatic carbocycles. The molecular weight excluding hydrogens is 303 g/mol. The average Bonchev–Trinajstić information content (AvgIpc) is 2.38. The minimum atomic E-state index is -1.35. The van der Waals surface area contributed by atoms with Crippen molar-refractivity contribution in [2.45, 2.75) is 24.9 Å². The SMILES string of the molecule is N[C@@H](CC(=O)N[C@@H](Cc1ccccc1)C(=O)O)C(=O)O.[KH]. The monoisotopic (exact) mass is 320 g/mol. The molecule has 0 radical (unpaired) electrons. The zero-order chi connectivity index (χ0) is 15.1. The molecule has 1 amide bonds. The Labute approximate surface area is 164 Å². The number of carbonyl (C=O) groups excluding carboxylic acids is 1. The Hall–Kier alpha value is -0.774. The van der Waals surface area contributed by atoms with Gasteiger partial charge in [-0.2, -0.15) is 0 Å². The normalized spacial score (nSPS) is 12.6. The van der Waals surface area contributed by atoms with Gasteiger partial charge in [0.25, 0.3) is 0 Å². The van der Waals surface area contributed by atoms with Crippen molar-refractivity contribution in [2.24, 2.45) is 5.73 Å². The fraction of sp³-hybridized carbons (Fsp3) is 0.308. The third-order valence-corrected chi connectivity index (χ3v) is 2.64. The molecule has 0 bridgehead atoms. The van der Waals surface area contributed by atoms with Gasteiger partial charge in [-0.25, -0.2) is 4.79 Å². The molecule has 0 spiro atoms. The molecule has 21 heavy (non-hydrogen) atoms. The van der Waals surface area contributed by atoms with Crippen molar-refractivity contribution in [3.8, 4) is 0 Å². The number of rotatable bonds is 7. The molecule has 110 valence electrons. The second-order valence-electron chi connectivity index (χ2n) is 4.30. The molecule has 0 saturated heterocycles. The number of hydrogen-bond donors (Lipinski definition) is 4. The van der Waals surface area contributed by atoms with E-state index in [2.05, 4.69) is 5.32 Å². The van der Waals surface area contributed by atoms with Crippen LogP contribution in [0.5, 0.6) is 0 Å². The van der Waals surface area contributed by atoms with Crippen molar-refractivity contribution in [1.29, 1.82) is 0 Å². The van der Waals surface area contributed by atoms with Crippen LogP contribution in [0.4, 0.5) is 0 Å². The summed E-state index contributed by atoms with van der Waals surface area (Å²) in [6, 6.07) is 6.33. The van der Waals surface area contributed by atoms with Crippen molar-refractivity contribution >= 4 is 69.2 Å². The second-order valence-corrected chi connectivity index (χ2v) is 4.30. The van der Waals surface area contributed by atoms with E-state index in [-0.39, 0.29) is 57.8 Å². The summed E-state index contributed by atoms with van der Waals surface area (Å²) in [5.41, 5.74) is 5.97. The van der Waals surface area contributed by atoms with Crippen molar-refractivity contribution < 1.29 is 24.6 Å². The number of carbonyl (C=O) groups is 3. The van der Waals surface area contributed by atoms with Gasteiger partial charge in [-0.05, 0) is 5.56 Å². The van der Waals surface area contributed by atoms with E-state index < -0.39 is 36.4 Å². The number of carboxylic acids is 2. The summed E-state index contributed by atoms with van der Waals surface area (Å²) in [6.07, 6.45) is -0.349. The van der Waals surface area contributed by atoms with Crippen LogP contribution in [-0.4, -0.2) is 91.5 Å². The first-order valence-electron chi connectivity index (χ1n) is 5.94. The first-order chi connectivity index (χ1) is 9.40. The number of hydrogen-bond acceptors (Lipinski definition) is 4. The number of carboxylic acid groups (broad SMARTS) is 2. The molecule has 0 saturated carbocycles. The zero-order valence-corrected chi connectivity index (χ0v) is 10.7. The Morgan fingerprint density at radius 1 is 1.10 bits per heavy atom. The van der Waals surface area contributed by atoms with Crippen molar-refractivity contribution in [2.75, 3.05) is 0 Å². The van der Waals surface area contributed by atoms with Crippen LogP contribution in [0.2, 0.25) is 0 Å². The Morgan fingerprint density at radius 2 is 1.67 bits per heavy atom. The minimum absolute atomic E-state index is 0. The second kappa shape index (κ2) is 10.0. The molecule has 1 aromatic rings. The number of benzene rings is 1. The van der Waals surface area contributed by atoms with Gasteiger partial charge in [0, 0.05) is 6.42 Å². The van der Waals surface area contributed by atoms with Crippen molar-refractivity contribution in [3.63, 3.8) is 0 Å². The van der Waals surface area contributed by atoms with Gasteiger partial charge in [0.15, 0.2) is 0 Å². The van der Waals surface area contributed by atoms with Gasteiger partial charge in [0.2, 0.25) is 5.91 Å². The summed E-state index contributed by atoms with van der Waals surface area (Å²) in [5.74, 6) is -3.20. The van der Waals surface area contributed by atoms with Crippen LogP contribution in [0.3, 0.4) is 0 Å². The molecule has 1 rings (SSSR count). The van der Waals surface area contributed by atoms with E-state index >= 15 is 0 Å². The van der Waals surface area contributed by atoms with E-state index in [0.717, 1.165) is 5.56 Å². The molecule has 0 aliphatic heterocycles. The van der Waals surface area contributed by atoms with Gasteiger partial charge in [-0.15, -0.1) is 0 Å². The van der Waals surface area contributed by atoms with E-state index in [0.29, 0.717) is 0 Å². The Morgan fingerprint density at radius 3 is 2.14 bits per heavy atom. The Bertz CT molecular complexity index is 495. The third-order valence-electron chi connectivity index (χ3n) is 2.64. The first kappa shape index (κ1) is 20.2. The molecule has 0 fully saturated rings. The fourth-order valence-corrected chi connectivity index (χ4v) is 1.59. The van der Waals surface area contributed by atoms with Crippen LogP contribution in [0, 0.1) is 0 Å². The van der Waals surface area contributed by atoms with Crippen LogP contribution >= 0.6 is 0 Å². The van der Waals surface area contributed by atoms with E-state index in [4.69, 9.17) is 15.9 Å². The molecule has 0 unspecified atom stereocenters. The van der Waals surface area contributed by atoms with Crippen molar-refractivity contribution in [1.82, 2.24) is 5.32 Å². The van der Waals surface area contributed by atoms with E-state index in [1.54, 1.807) is 30.3 Å². The van der Waals surface area contributed by atoms with Gasteiger partial charge in [0.1, 0.15) is 12.1 Å². The summed E-state index contributed by atoms with van der Waals surface area (Å²) in [4.78, 5) is 33.2. The average molecular weight is 320 g/mol. The topological polar surface area (TPSA) is 130 Å². The summed E-state index contributed by atoms with van der Waals surface area (Å²) in [7, 11) is 0. The molecular formula is C13H17KN2O5. The predicted molar refractivity (Wildman–Crippen MR) is 77.1 cm³/mol. The molecule has 2 atom stereocenters. The van der Waals surface area contributed by atoms with Crippen LogP contribution in [0.15, 0.2) is 30.3 Å². The fourth-order valence-electron chi connectivity index (χ4n) is 1.59. The summed E-state index contributed by atoms with van der Waals surface area (Å²) in [5, 5.41) is 19.9.